The number of ether oxygens (including phenoxy) is 2. The lowest BCUT2D eigenvalue weighted by atomic mass is 10.2. The lowest BCUT2D eigenvalue weighted by Gasteiger charge is -2.11. The third-order valence-electron chi connectivity index (χ3n) is 2.98. The van der Waals surface area contributed by atoms with Crippen molar-refractivity contribution in [3.05, 3.63) is 48.0 Å². The van der Waals surface area contributed by atoms with E-state index in [-0.39, 0.29) is 17.6 Å². The molecule has 0 unspecified atom stereocenters. The molecule has 0 spiro atoms. The lowest BCUT2D eigenvalue weighted by Crippen LogP contribution is -2.46. The molecule has 3 rings (SSSR count). The van der Waals surface area contributed by atoms with Gasteiger partial charge in [0.05, 0.1) is 6.20 Å². The number of carbonyl (C=O) groups excluding carboxylic acids is 1. The van der Waals surface area contributed by atoms with Gasteiger partial charge in [0.2, 0.25) is 6.79 Å². The number of amides is 1. The molecule has 0 saturated heterocycles. The molecule has 1 amide bonds. The first-order valence-electron chi connectivity index (χ1n) is 6.71. The number of rotatable bonds is 3. The summed E-state index contributed by atoms with van der Waals surface area (Å²) in [6.07, 6.45) is 4.28. The minimum atomic E-state index is -0.426. The number of hydrazine groups is 1. The van der Waals surface area contributed by atoms with Gasteiger partial charge in [0.1, 0.15) is 5.69 Å². The first-order chi connectivity index (χ1) is 11.2. The van der Waals surface area contributed by atoms with Crippen LogP contribution in [0.25, 0.3) is 0 Å². The molecule has 1 aliphatic heterocycles. The Morgan fingerprint density at radius 1 is 1.22 bits per heavy atom. The Hall–Kier alpha value is -2.94. The van der Waals surface area contributed by atoms with Gasteiger partial charge in [0, 0.05) is 18.9 Å². The Labute approximate surface area is 137 Å². The van der Waals surface area contributed by atoms with E-state index in [0.29, 0.717) is 12.3 Å². The Morgan fingerprint density at radius 3 is 2.91 bits per heavy atom. The molecular formula is C14H13N5O3S. The molecule has 23 heavy (non-hydrogen) atoms. The number of fused-ring (bicyclic) bond motifs is 1. The van der Waals surface area contributed by atoms with Crippen LogP contribution in [0.3, 0.4) is 0 Å². The molecule has 1 aromatic carbocycles. The molecule has 3 N–H and O–H groups in total. The summed E-state index contributed by atoms with van der Waals surface area (Å²) in [6, 6.07) is 5.61. The Balaban J connectivity index is 1.46. The predicted octanol–water partition coefficient (Wildman–Crippen LogP) is 0.514. The number of benzene rings is 1. The van der Waals surface area contributed by atoms with E-state index >= 15 is 0 Å². The van der Waals surface area contributed by atoms with Crippen molar-refractivity contribution >= 4 is 23.2 Å². The number of carbonyl (C=O) groups is 1. The minimum Gasteiger partial charge on any atom is -0.454 e. The largest absolute Gasteiger partial charge is 0.454 e. The molecular weight excluding hydrogens is 318 g/mol. The molecule has 0 aliphatic carbocycles. The van der Waals surface area contributed by atoms with Crippen LogP contribution in [0.4, 0.5) is 0 Å². The van der Waals surface area contributed by atoms with Crippen molar-refractivity contribution in [3.63, 3.8) is 0 Å². The van der Waals surface area contributed by atoms with Crippen LogP contribution in [0.15, 0.2) is 36.8 Å². The minimum absolute atomic E-state index is 0.193. The first-order valence-corrected chi connectivity index (χ1v) is 7.12. The number of nitrogens with zero attached hydrogens (tertiary/aromatic N) is 2. The first kappa shape index (κ1) is 15.0. The topological polar surface area (TPSA) is 97.4 Å². The average molecular weight is 331 g/mol. The highest BCUT2D eigenvalue weighted by Crippen LogP contribution is 2.32. The SMILES string of the molecule is O=C(NNC(=S)NCc1ccc2c(c1)OCO2)c1cnccn1. The zero-order valence-electron chi connectivity index (χ0n) is 11.9. The van der Waals surface area contributed by atoms with E-state index in [4.69, 9.17) is 21.7 Å². The van der Waals surface area contributed by atoms with E-state index in [9.17, 15) is 4.79 Å². The second-order valence-electron chi connectivity index (χ2n) is 4.54. The maximum atomic E-state index is 11.8. The Morgan fingerprint density at radius 2 is 2.09 bits per heavy atom. The summed E-state index contributed by atoms with van der Waals surface area (Å²) >= 11 is 5.09. The van der Waals surface area contributed by atoms with Gasteiger partial charge in [0.15, 0.2) is 16.6 Å². The van der Waals surface area contributed by atoms with Crippen molar-refractivity contribution in [2.75, 3.05) is 6.79 Å². The molecule has 2 heterocycles. The molecule has 1 aliphatic rings. The van der Waals surface area contributed by atoms with Gasteiger partial charge in [-0.15, -0.1) is 0 Å². The van der Waals surface area contributed by atoms with E-state index in [1.54, 1.807) is 0 Å². The molecule has 118 valence electrons. The van der Waals surface area contributed by atoms with Crippen LogP contribution in [0.2, 0.25) is 0 Å². The zero-order valence-corrected chi connectivity index (χ0v) is 12.7. The quantitative estimate of drug-likeness (QED) is 0.553. The second-order valence-corrected chi connectivity index (χ2v) is 4.95. The van der Waals surface area contributed by atoms with E-state index in [2.05, 4.69) is 26.1 Å². The number of thiocarbonyl (C=S) groups is 1. The molecule has 1 aromatic heterocycles. The smallest absolute Gasteiger partial charge is 0.289 e. The average Bonchev–Trinajstić information content (AvgIpc) is 3.06. The summed E-state index contributed by atoms with van der Waals surface area (Å²) in [5.41, 5.74) is 6.20. The van der Waals surface area contributed by atoms with Crippen LogP contribution in [-0.2, 0) is 6.54 Å². The normalized spacial score (nSPS) is 11.7. The van der Waals surface area contributed by atoms with Crippen molar-refractivity contribution in [3.8, 4) is 11.5 Å². The van der Waals surface area contributed by atoms with Crippen LogP contribution in [-0.4, -0.2) is 27.8 Å². The standard InChI is InChI=1S/C14H13N5O3S/c20-13(10-7-15-3-4-16-10)18-19-14(23)17-6-9-1-2-11-12(5-9)22-8-21-11/h1-5,7H,6,8H2,(H,18,20)(H2,17,19,23). The van der Waals surface area contributed by atoms with Gasteiger partial charge in [-0.1, -0.05) is 6.07 Å². The molecule has 8 nitrogen and oxygen atoms in total. The maximum Gasteiger partial charge on any atom is 0.289 e. The van der Waals surface area contributed by atoms with Gasteiger partial charge in [-0.25, -0.2) is 4.98 Å². The van der Waals surface area contributed by atoms with Gasteiger partial charge >= 0.3 is 0 Å². The fraction of sp³-hybridized carbons (Fsp3) is 0.143. The Bertz CT molecular complexity index is 726. The van der Waals surface area contributed by atoms with Crippen molar-refractivity contribution in [1.82, 2.24) is 26.1 Å². The van der Waals surface area contributed by atoms with Crippen molar-refractivity contribution < 1.29 is 14.3 Å². The summed E-state index contributed by atoms with van der Waals surface area (Å²) in [5.74, 6) is 1.01. The highest BCUT2D eigenvalue weighted by atomic mass is 32.1. The van der Waals surface area contributed by atoms with Gasteiger partial charge in [-0.05, 0) is 29.9 Å². The van der Waals surface area contributed by atoms with Crippen LogP contribution < -0.4 is 25.6 Å². The molecule has 0 fully saturated rings. The van der Waals surface area contributed by atoms with Crippen LogP contribution in [0.5, 0.6) is 11.5 Å². The van der Waals surface area contributed by atoms with Gasteiger partial charge in [-0.2, -0.15) is 0 Å². The van der Waals surface area contributed by atoms with Crippen molar-refractivity contribution in [2.45, 2.75) is 6.54 Å². The molecule has 0 radical (unpaired) electrons. The lowest BCUT2D eigenvalue weighted by molar-refractivity contribution is 0.0938. The second kappa shape index (κ2) is 6.88. The van der Waals surface area contributed by atoms with E-state index in [1.165, 1.54) is 18.6 Å². The van der Waals surface area contributed by atoms with Crippen molar-refractivity contribution in [1.29, 1.82) is 0 Å². The highest BCUT2D eigenvalue weighted by Gasteiger charge is 2.13. The third-order valence-corrected chi connectivity index (χ3v) is 3.22. The summed E-state index contributed by atoms with van der Waals surface area (Å²) in [4.78, 5) is 19.5. The van der Waals surface area contributed by atoms with E-state index < -0.39 is 5.91 Å². The molecule has 0 atom stereocenters. The zero-order chi connectivity index (χ0) is 16.1. The number of nitrogens with one attached hydrogen (secondary N) is 3. The summed E-state index contributed by atoms with van der Waals surface area (Å²) in [7, 11) is 0. The molecule has 0 bridgehead atoms. The van der Waals surface area contributed by atoms with Gasteiger partial charge in [0.25, 0.3) is 5.91 Å². The molecule has 9 heteroatoms. The van der Waals surface area contributed by atoms with Crippen molar-refractivity contribution in [2.24, 2.45) is 0 Å². The fourth-order valence-corrected chi connectivity index (χ4v) is 1.99. The number of aromatic nitrogens is 2. The number of hydrogen-bond donors (Lipinski definition) is 3. The summed E-state index contributed by atoms with van der Waals surface area (Å²) in [5, 5.41) is 3.25. The predicted molar refractivity (Wildman–Crippen MR) is 84.6 cm³/mol. The number of hydrogen-bond acceptors (Lipinski definition) is 6. The highest BCUT2D eigenvalue weighted by molar-refractivity contribution is 7.80. The molecule has 2 aromatic rings. The summed E-state index contributed by atoms with van der Waals surface area (Å²) < 4.78 is 10.6. The van der Waals surface area contributed by atoms with E-state index in [1.807, 2.05) is 18.2 Å². The van der Waals surface area contributed by atoms with Gasteiger partial charge in [-0.3, -0.25) is 20.6 Å². The maximum absolute atomic E-state index is 11.8. The Kier molecular flexibility index (Phi) is 4.48. The van der Waals surface area contributed by atoms with Crippen LogP contribution in [0, 0.1) is 0 Å². The van der Waals surface area contributed by atoms with Crippen LogP contribution >= 0.6 is 12.2 Å². The van der Waals surface area contributed by atoms with E-state index in [0.717, 1.165) is 11.3 Å². The molecule has 0 saturated carbocycles. The van der Waals surface area contributed by atoms with Crippen LogP contribution in [0.1, 0.15) is 16.1 Å². The fourth-order valence-electron chi connectivity index (χ4n) is 1.87. The monoisotopic (exact) mass is 331 g/mol. The van der Waals surface area contributed by atoms with Gasteiger partial charge < -0.3 is 14.8 Å². The third kappa shape index (κ3) is 3.83. The summed E-state index contributed by atoms with van der Waals surface area (Å²) in [6.45, 7) is 0.712.